The summed E-state index contributed by atoms with van der Waals surface area (Å²) in [6.07, 6.45) is 5.43. The Morgan fingerprint density at radius 1 is 1.20 bits per heavy atom. The van der Waals surface area contributed by atoms with Gasteiger partial charge in [-0.2, -0.15) is 5.26 Å². The van der Waals surface area contributed by atoms with E-state index >= 15 is 0 Å². The summed E-state index contributed by atoms with van der Waals surface area (Å²) in [6.45, 7) is 1.75. The van der Waals surface area contributed by atoms with E-state index in [0.29, 0.717) is 17.1 Å². The summed E-state index contributed by atoms with van der Waals surface area (Å²) < 4.78 is 3.06. The molecular formula is C20H14N4S. The number of hydrogen-bond donors (Lipinski definition) is 1. The van der Waals surface area contributed by atoms with Crippen molar-refractivity contribution in [2.24, 2.45) is 0 Å². The van der Waals surface area contributed by atoms with Crippen LogP contribution in [0.15, 0.2) is 60.4 Å². The van der Waals surface area contributed by atoms with Gasteiger partial charge >= 0.3 is 0 Å². The average molecular weight is 342 g/mol. The van der Waals surface area contributed by atoms with Gasteiger partial charge in [0.15, 0.2) is 0 Å². The number of hydrogen-bond acceptors (Lipinski definition) is 4. The molecule has 0 aliphatic heterocycles. The fourth-order valence-corrected chi connectivity index (χ4v) is 3.83. The number of rotatable bonds is 3. The lowest BCUT2D eigenvalue weighted by Crippen LogP contribution is -1.98. The minimum atomic E-state index is 0.486. The SMILES string of the molecule is CC(=N)c1ccnc(-n2cc(C#N)c(-c3csc4ccccc34)c2)c1. The molecule has 0 atom stereocenters. The van der Waals surface area contributed by atoms with E-state index in [0.717, 1.165) is 22.1 Å². The van der Waals surface area contributed by atoms with Gasteiger partial charge in [0.1, 0.15) is 11.9 Å². The monoisotopic (exact) mass is 342 g/mol. The minimum absolute atomic E-state index is 0.486. The van der Waals surface area contributed by atoms with Crippen molar-refractivity contribution in [1.82, 2.24) is 9.55 Å². The minimum Gasteiger partial charge on any atom is -0.307 e. The predicted octanol–water partition coefficient (Wildman–Crippen LogP) is 5.01. The van der Waals surface area contributed by atoms with E-state index in [1.807, 2.05) is 35.0 Å². The molecule has 0 saturated heterocycles. The molecule has 3 aromatic heterocycles. The molecule has 4 aromatic rings. The van der Waals surface area contributed by atoms with Gasteiger partial charge in [0.25, 0.3) is 0 Å². The molecule has 1 aromatic carbocycles. The molecular weight excluding hydrogens is 328 g/mol. The first-order valence-corrected chi connectivity index (χ1v) is 8.66. The Balaban J connectivity index is 1.88. The zero-order valence-electron chi connectivity index (χ0n) is 13.5. The normalized spacial score (nSPS) is 10.7. The molecule has 0 saturated carbocycles. The number of pyridine rings is 1. The second-order valence-electron chi connectivity index (χ2n) is 5.78. The van der Waals surface area contributed by atoms with Crippen molar-refractivity contribution in [2.45, 2.75) is 6.92 Å². The van der Waals surface area contributed by atoms with Crippen LogP contribution in [0.25, 0.3) is 27.0 Å². The first-order chi connectivity index (χ1) is 12.2. The Hall–Kier alpha value is -3.23. The van der Waals surface area contributed by atoms with Gasteiger partial charge in [-0.25, -0.2) is 4.98 Å². The van der Waals surface area contributed by atoms with Gasteiger partial charge in [-0.3, -0.25) is 0 Å². The van der Waals surface area contributed by atoms with Crippen molar-refractivity contribution in [1.29, 1.82) is 10.7 Å². The highest BCUT2D eigenvalue weighted by Crippen LogP contribution is 2.36. The zero-order chi connectivity index (χ0) is 17.4. The first-order valence-electron chi connectivity index (χ1n) is 7.78. The molecule has 5 heteroatoms. The Kier molecular flexibility index (Phi) is 3.68. The lowest BCUT2D eigenvalue weighted by Gasteiger charge is -2.04. The molecule has 0 aliphatic rings. The van der Waals surface area contributed by atoms with Crippen LogP contribution >= 0.6 is 11.3 Å². The molecule has 0 fully saturated rings. The lowest BCUT2D eigenvalue weighted by molar-refractivity contribution is 1.01. The number of aromatic nitrogens is 2. The number of thiophene rings is 1. The highest BCUT2D eigenvalue weighted by Gasteiger charge is 2.14. The molecule has 0 radical (unpaired) electrons. The molecule has 4 nitrogen and oxygen atoms in total. The van der Waals surface area contributed by atoms with Crippen LogP contribution in [0.3, 0.4) is 0 Å². The van der Waals surface area contributed by atoms with Gasteiger partial charge in [0.2, 0.25) is 0 Å². The van der Waals surface area contributed by atoms with E-state index in [1.54, 1.807) is 30.7 Å². The summed E-state index contributed by atoms with van der Waals surface area (Å²) in [7, 11) is 0. The van der Waals surface area contributed by atoms with Crippen LogP contribution in [0.2, 0.25) is 0 Å². The molecule has 0 amide bonds. The van der Waals surface area contributed by atoms with E-state index in [9.17, 15) is 5.26 Å². The van der Waals surface area contributed by atoms with Crippen molar-refractivity contribution in [2.75, 3.05) is 0 Å². The van der Waals surface area contributed by atoms with E-state index < -0.39 is 0 Å². The summed E-state index contributed by atoms with van der Waals surface area (Å²) >= 11 is 1.68. The summed E-state index contributed by atoms with van der Waals surface area (Å²) in [6, 6.07) is 14.2. The molecule has 0 spiro atoms. The quantitative estimate of drug-likeness (QED) is 0.532. The van der Waals surface area contributed by atoms with E-state index in [-0.39, 0.29) is 0 Å². The number of nitrogens with zero attached hydrogens (tertiary/aromatic N) is 3. The number of benzene rings is 1. The summed E-state index contributed by atoms with van der Waals surface area (Å²) in [5.74, 6) is 0.700. The second-order valence-corrected chi connectivity index (χ2v) is 6.69. The van der Waals surface area contributed by atoms with Crippen LogP contribution in [0.4, 0.5) is 0 Å². The smallest absolute Gasteiger partial charge is 0.137 e. The van der Waals surface area contributed by atoms with Gasteiger partial charge in [0.05, 0.1) is 5.56 Å². The maximum absolute atomic E-state index is 9.58. The number of nitriles is 1. The molecule has 1 N–H and O–H groups in total. The Morgan fingerprint density at radius 3 is 2.84 bits per heavy atom. The first kappa shape index (κ1) is 15.3. The van der Waals surface area contributed by atoms with Crippen molar-refractivity contribution < 1.29 is 0 Å². The molecule has 4 rings (SSSR count). The van der Waals surface area contributed by atoms with E-state index in [2.05, 4.69) is 28.6 Å². The highest BCUT2D eigenvalue weighted by molar-refractivity contribution is 7.17. The second kappa shape index (κ2) is 6.00. The van der Waals surface area contributed by atoms with Crippen molar-refractivity contribution in [3.05, 3.63) is 71.5 Å². The Labute approximate surface area is 149 Å². The van der Waals surface area contributed by atoms with Crippen molar-refractivity contribution in [3.8, 4) is 23.0 Å². The van der Waals surface area contributed by atoms with E-state index in [1.165, 1.54) is 4.70 Å². The molecule has 0 bridgehead atoms. The van der Waals surface area contributed by atoms with E-state index in [4.69, 9.17) is 5.41 Å². The zero-order valence-corrected chi connectivity index (χ0v) is 14.3. The largest absolute Gasteiger partial charge is 0.307 e. The predicted molar refractivity (Wildman–Crippen MR) is 102 cm³/mol. The standard InChI is InChI=1S/C20H14N4S/c1-13(22)14-6-7-23-20(8-14)24-10-15(9-21)17(11-24)18-12-25-19-5-3-2-4-16(18)19/h2-8,10-12,22H,1H3. The van der Waals surface area contributed by atoms with Crippen LogP contribution in [0.5, 0.6) is 0 Å². The van der Waals surface area contributed by atoms with Crippen molar-refractivity contribution >= 4 is 27.1 Å². The summed E-state index contributed by atoms with van der Waals surface area (Å²) in [5.41, 5.74) is 3.89. The maximum atomic E-state index is 9.58. The van der Waals surface area contributed by atoms with Gasteiger partial charge < -0.3 is 9.98 Å². The highest BCUT2D eigenvalue weighted by atomic mass is 32.1. The molecule has 0 unspecified atom stereocenters. The third-order valence-corrected chi connectivity index (χ3v) is 5.12. The van der Waals surface area contributed by atoms with Gasteiger partial charge in [-0.05, 0) is 30.5 Å². The third kappa shape index (κ3) is 2.63. The third-order valence-electron chi connectivity index (χ3n) is 4.16. The summed E-state index contributed by atoms with van der Waals surface area (Å²) in [5, 5.41) is 20.6. The lowest BCUT2D eigenvalue weighted by atomic mass is 10.0. The van der Waals surface area contributed by atoms with Crippen LogP contribution < -0.4 is 0 Å². The summed E-state index contributed by atoms with van der Waals surface area (Å²) in [4.78, 5) is 4.38. The average Bonchev–Trinajstić information content (AvgIpc) is 3.25. The molecule has 3 heterocycles. The maximum Gasteiger partial charge on any atom is 0.137 e. The van der Waals surface area contributed by atoms with Crippen LogP contribution in [-0.4, -0.2) is 15.3 Å². The fraction of sp³-hybridized carbons (Fsp3) is 0.0500. The topological polar surface area (TPSA) is 65.5 Å². The Morgan fingerprint density at radius 2 is 2.04 bits per heavy atom. The number of fused-ring (bicyclic) bond motifs is 1. The van der Waals surface area contributed by atoms with Gasteiger partial charge in [0, 0.05) is 51.1 Å². The molecule has 25 heavy (non-hydrogen) atoms. The van der Waals surface area contributed by atoms with Gasteiger partial charge in [-0.1, -0.05) is 18.2 Å². The van der Waals surface area contributed by atoms with Gasteiger partial charge in [-0.15, -0.1) is 11.3 Å². The van der Waals surface area contributed by atoms with Crippen molar-refractivity contribution in [3.63, 3.8) is 0 Å². The molecule has 120 valence electrons. The Bertz CT molecular complexity index is 1140. The molecule has 0 aliphatic carbocycles. The number of nitrogens with one attached hydrogen (secondary N) is 1. The van der Waals surface area contributed by atoms with Crippen LogP contribution in [0, 0.1) is 16.7 Å². The van der Waals surface area contributed by atoms with Crippen LogP contribution in [0.1, 0.15) is 18.1 Å². The van der Waals surface area contributed by atoms with Crippen LogP contribution in [-0.2, 0) is 0 Å². The fourth-order valence-electron chi connectivity index (χ4n) is 2.87.